The van der Waals surface area contributed by atoms with Crippen molar-refractivity contribution in [3.63, 3.8) is 0 Å². The first-order chi connectivity index (χ1) is 5.93. The van der Waals surface area contributed by atoms with E-state index in [0.717, 1.165) is 0 Å². The summed E-state index contributed by atoms with van der Waals surface area (Å²) in [7, 11) is -0.861. The molecule has 14 heavy (non-hydrogen) atoms. The molecule has 0 aromatic heterocycles. The van der Waals surface area contributed by atoms with Crippen molar-refractivity contribution >= 4 is 8.07 Å². The van der Waals surface area contributed by atoms with E-state index in [-0.39, 0.29) is 19.5 Å². The summed E-state index contributed by atoms with van der Waals surface area (Å²) in [6.45, 7) is 10.6. The van der Waals surface area contributed by atoms with Gasteiger partial charge in [0.15, 0.2) is 0 Å². The van der Waals surface area contributed by atoms with Crippen LogP contribution < -0.4 is 0 Å². The third-order valence-corrected chi connectivity index (χ3v) is 0.847. The summed E-state index contributed by atoms with van der Waals surface area (Å²) in [5, 5.41) is 8.27. The zero-order valence-corrected chi connectivity index (χ0v) is 13.1. The number of hydrogen-bond donors (Lipinski definition) is 0. The van der Waals surface area contributed by atoms with Gasteiger partial charge in [0.05, 0.1) is 6.07 Å². The van der Waals surface area contributed by atoms with Gasteiger partial charge in [0, 0.05) is 0 Å². The Bertz CT molecular complexity index is 266. The van der Waals surface area contributed by atoms with E-state index in [1.54, 1.807) is 24.3 Å². The van der Waals surface area contributed by atoms with E-state index in [1.165, 1.54) is 0 Å². The van der Waals surface area contributed by atoms with Gasteiger partial charge in [-0.25, -0.2) is 0 Å². The van der Waals surface area contributed by atoms with Crippen LogP contribution in [0.15, 0.2) is 24.3 Å². The van der Waals surface area contributed by atoms with Gasteiger partial charge >= 0.3 is 19.5 Å². The van der Waals surface area contributed by atoms with Gasteiger partial charge < -0.3 is 6.55 Å². The Morgan fingerprint density at radius 1 is 1.29 bits per heavy atom. The first-order valence-electron chi connectivity index (χ1n) is 4.15. The van der Waals surface area contributed by atoms with Crippen molar-refractivity contribution in [3.05, 3.63) is 42.4 Å². The normalized spacial score (nSPS) is 8.79. The third-order valence-electron chi connectivity index (χ3n) is 0.847. The van der Waals surface area contributed by atoms with Crippen LogP contribution in [0.3, 0.4) is 0 Å². The van der Waals surface area contributed by atoms with Crippen LogP contribution in [0.25, 0.3) is 0 Å². The largest absolute Gasteiger partial charge is 2.00 e. The Balaban J connectivity index is 0. The molecule has 3 heteroatoms. The van der Waals surface area contributed by atoms with Gasteiger partial charge in [-0.3, -0.25) is 0 Å². The van der Waals surface area contributed by atoms with Crippen molar-refractivity contribution in [1.29, 1.82) is 5.26 Å². The van der Waals surface area contributed by atoms with Gasteiger partial charge in [-0.05, 0) is 0 Å². The predicted octanol–water partition coefficient (Wildman–Crippen LogP) is 3.05. The van der Waals surface area contributed by atoms with Gasteiger partial charge in [0.2, 0.25) is 0 Å². The van der Waals surface area contributed by atoms with Crippen LogP contribution in [0.5, 0.6) is 0 Å². The molecule has 0 aliphatic carbocycles. The number of nitrogens with zero attached hydrogens (tertiary/aromatic N) is 1. The summed E-state index contributed by atoms with van der Waals surface area (Å²) >= 11 is 0. The maximum atomic E-state index is 8.27. The second-order valence-corrected chi connectivity index (χ2v) is 9.08. The van der Waals surface area contributed by atoms with Crippen LogP contribution in [0.1, 0.15) is 5.56 Å². The zero-order valence-electron chi connectivity index (χ0n) is 9.17. The Kier molecular flexibility index (Phi) is 9.04. The quantitative estimate of drug-likeness (QED) is 0.516. The van der Waals surface area contributed by atoms with E-state index in [1.807, 2.05) is 6.07 Å². The second-order valence-electron chi connectivity index (χ2n) is 3.96. The van der Waals surface area contributed by atoms with Gasteiger partial charge in [-0.15, -0.1) is 8.07 Å². The van der Waals surface area contributed by atoms with Gasteiger partial charge in [0.25, 0.3) is 0 Å². The summed E-state index contributed by atoms with van der Waals surface area (Å²) in [6.07, 6.45) is 0. The first kappa shape index (κ1) is 16.0. The van der Waals surface area contributed by atoms with Gasteiger partial charge in [0.1, 0.15) is 0 Å². The van der Waals surface area contributed by atoms with E-state index in [9.17, 15) is 0 Å². The molecule has 0 aliphatic heterocycles. The SMILES string of the molecule is N#Cc1cc[c-]cc1.[CH2-][Si](C)(C)C.[Zn+2]. The summed E-state index contributed by atoms with van der Waals surface area (Å²) in [4.78, 5) is 0. The smallest absolute Gasteiger partial charge is 0.342 e. The topological polar surface area (TPSA) is 23.8 Å². The number of rotatable bonds is 0. The standard InChI is InChI=1S/C7H4N.C4H11Si.Zn/c8-6-7-4-2-1-3-5-7;1-5(2,3)4;/h2-5H;1H2,2-4H3;/q2*-1;+2. The summed E-state index contributed by atoms with van der Waals surface area (Å²) < 4.78 is 0. The zero-order chi connectivity index (χ0) is 10.3. The molecule has 0 fully saturated rings. The Hall–Kier alpha value is -0.450. The number of benzene rings is 1. The molecule has 1 aromatic rings. The minimum atomic E-state index is -0.861. The molecule has 0 radical (unpaired) electrons. The van der Waals surface area contributed by atoms with Crippen LogP contribution in [-0.2, 0) is 19.5 Å². The molecule has 1 aromatic carbocycles. The molecule has 0 N–H and O–H groups in total. The molecular weight excluding hydrogens is 240 g/mol. The minimum Gasteiger partial charge on any atom is -0.342 e. The Morgan fingerprint density at radius 3 is 1.86 bits per heavy atom. The molecule has 0 heterocycles. The van der Waals surface area contributed by atoms with Crippen molar-refractivity contribution < 1.29 is 19.5 Å². The maximum Gasteiger partial charge on any atom is 2.00 e. The van der Waals surface area contributed by atoms with E-state index < -0.39 is 8.07 Å². The molecule has 0 aliphatic rings. The van der Waals surface area contributed by atoms with Crippen molar-refractivity contribution in [3.8, 4) is 6.07 Å². The molecule has 1 rings (SSSR count). The monoisotopic (exact) mass is 253 g/mol. The fourth-order valence-corrected chi connectivity index (χ4v) is 0.461. The number of nitriles is 1. The van der Waals surface area contributed by atoms with Crippen molar-refractivity contribution in [2.45, 2.75) is 19.6 Å². The van der Waals surface area contributed by atoms with E-state index in [4.69, 9.17) is 5.26 Å². The summed E-state index contributed by atoms with van der Waals surface area (Å²) in [6, 6.07) is 11.7. The van der Waals surface area contributed by atoms with Crippen molar-refractivity contribution in [2.24, 2.45) is 0 Å². The molecule has 1 nitrogen and oxygen atoms in total. The Morgan fingerprint density at radius 2 is 1.64 bits per heavy atom. The van der Waals surface area contributed by atoms with Crippen molar-refractivity contribution in [1.82, 2.24) is 0 Å². The Labute approximate surface area is 101 Å². The predicted molar refractivity (Wildman–Crippen MR) is 58.7 cm³/mol. The molecule has 0 unspecified atom stereocenters. The second kappa shape index (κ2) is 7.91. The molecule has 0 saturated carbocycles. The molecular formula is C11H15NSiZn. The van der Waals surface area contributed by atoms with Crippen LogP contribution >= 0.6 is 0 Å². The molecule has 0 atom stereocenters. The van der Waals surface area contributed by atoms with Crippen LogP contribution in [0.2, 0.25) is 19.6 Å². The molecule has 0 saturated heterocycles. The molecule has 70 valence electrons. The van der Waals surface area contributed by atoms with E-state index >= 15 is 0 Å². The first-order valence-corrected chi connectivity index (χ1v) is 7.86. The average molecular weight is 255 g/mol. The third kappa shape index (κ3) is 14.1. The fraction of sp³-hybridized carbons (Fsp3) is 0.273. The van der Waals surface area contributed by atoms with Gasteiger partial charge in [-0.2, -0.15) is 35.6 Å². The van der Waals surface area contributed by atoms with Crippen molar-refractivity contribution in [2.75, 3.05) is 0 Å². The minimum absolute atomic E-state index is 0. The van der Waals surface area contributed by atoms with Crippen LogP contribution in [-0.4, -0.2) is 8.07 Å². The van der Waals surface area contributed by atoms with E-state index in [2.05, 4.69) is 32.3 Å². The van der Waals surface area contributed by atoms with Gasteiger partial charge in [-0.1, -0.05) is 25.2 Å². The average Bonchev–Trinajstić information content (AvgIpc) is 2.03. The fourth-order valence-electron chi connectivity index (χ4n) is 0.461. The van der Waals surface area contributed by atoms with Crippen LogP contribution in [0, 0.1) is 23.9 Å². The summed E-state index contributed by atoms with van der Waals surface area (Å²) in [5.41, 5.74) is 0.684. The number of hydrogen-bond acceptors (Lipinski definition) is 1. The summed E-state index contributed by atoms with van der Waals surface area (Å²) in [5.74, 6) is 0. The van der Waals surface area contributed by atoms with E-state index in [0.29, 0.717) is 5.56 Å². The molecule has 0 amide bonds. The molecule has 0 bridgehead atoms. The molecule has 0 spiro atoms. The maximum absolute atomic E-state index is 8.27. The van der Waals surface area contributed by atoms with Crippen LogP contribution in [0.4, 0.5) is 0 Å².